The fraction of sp³-hybridized carbons (Fsp3) is 0.923. The standard InChI is InChI=1S/C26H53N3O3/c1-2-3-4-5-6-7-8-9-10-11-12-13-14-15-16-19-25(30)29(22-17-20-27)23-18-21-28-24-26(31)32/h28H,2-24,27H2,1H3,(H,31,32). The summed E-state index contributed by atoms with van der Waals surface area (Å²) in [5.41, 5.74) is 5.61. The number of amides is 1. The molecule has 0 fully saturated rings. The van der Waals surface area contributed by atoms with E-state index in [0.717, 1.165) is 25.7 Å². The molecule has 4 N–H and O–H groups in total. The zero-order valence-corrected chi connectivity index (χ0v) is 21.1. The van der Waals surface area contributed by atoms with E-state index in [-0.39, 0.29) is 12.5 Å². The van der Waals surface area contributed by atoms with E-state index in [2.05, 4.69) is 12.2 Å². The predicted octanol–water partition coefficient (Wildman–Crippen LogP) is 5.49. The number of aliphatic carboxylic acids is 1. The Morgan fingerprint density at radius 2 is 1.19 bits per heavy atom. The van der Waals surface area contributed by atoms with Gasteiger partial charge in [0.05, 0.1) is 6.54 Å². The lowest BCUT2D eigenvalue weighted by atomic mass is 10.0. The molecule has 0 rings (SSSR count). The lowest BCUT2D eigenvalue weighted by Gasteiger charge is -2.22. The van der Waals surface area contributed by atoms with Crippen LogP contribution in [0.3, 0.4) is 0 Å². The van der Waals surface area contributed by atoms with Crippen molar-refractivity contribution in [3.8, 4) is 0 Å². The second-order valence-electron chi connectivity index (χ2n) is 9.15. The number of nitrogens with one attached hydrogen (secondary N) is 1. The number of rotatable bonds is 25. The highest BCUT2D eigenvalue weighted by Crippen LogP contribution is 2.14. The normalized spacial score (nSPS) is 11.1. The highest BCUT2D eigenvalue weighted by atomic mass is 16.4. The van der Waals surface area contributed by atoms with Gasteiger partial charge >= 0.3 is 5.97 Å². The van der Waals surface area contributed by atoms with Crippen molar-refractivity contribution in [2.45, 2.75) is 122 Å². The van der Waals surface area contributed by atoms with Crippen LogP contribution in [0, 0.1) is 0 Å². The topological polar surface area (TPSA) is 95.7 Å². The Hall–Kier alpha value is -1.14. The van der Waals surface area contributed by atoms with Crippen LogP contribution in [0.15, 0.2) is 0 Å². The van der Waals surface area contributed by atoms with E-state index in [1.54, 1.807) is 0 Å². The first-order chi connectivity index (χ1) is 15.6. The minimum atomic E-state index is -0.853. The Labute approximate surface area is 198 Å². The number of carboxylic acids is 1. The van der Waals surface area contributed by atoms with E-state index in [9.17, 15) is 9.59 Å². The van der Waals surface area contributed by atoms with Crippen LogP contribution < -0.4 is 11.1 Å². The van der Waals surface area contributed by atoms with Gasteiger partial charge in [-0.2, -0.15) is 0 Å². The molecule has 0 aliphatic rings. The Morgan fingerprint density at radius 1 is 0.719 bits per heavy atom. The lowest BCUT2D eigenvalue weighted by molar-refractivity contribution is -0.136. The smallest absolute Gasteiger partial charge is 0.317 e. The molecule has 0 saturated carbocycles. The Morgan fingerprint density at radius 3 is 1.66 bits per heavy atom. The summed E-state index contributed by atoms with van der Waals surface area (Å²) in [6, 6.07) is 0. The summed E-state index contributed by atoms with van der Waals surface area (Å²) < 4.78 is 0. The molecule has 0 aromatic carbocycles. The van der Waals surface area contributed by atoms with E-state index in [1.807, 2.05) is 4.90 Å². The highest BCUT2D eigenvalue weighted by Gasteiger charge is 2.12. The van der Waals surface area contributed by atoms with Crippen LogP contribution in [-0.2, 0) is 9.59 Å². The zero-order chi connectivity index (χ0) is 23.7. The quantitative estimate of drug-likeness (QED) is 0.158. The first kappa shape index (κ1) is 30.9. The molecule has 0 saturated heterocycles. The molecular formula is C26H53N3O3. The van der Waals surface area contributed by atoms with Crippen molar-refractivity contribution in [2.24, 2.45) is 5.73 Å². The first-order valence-electron chi connectivity index (χ1n) is 13.5. The largest absolute Gasteiger partial charge is 0.480 e. The van der Waals surface area contributed by atoms with Gasteiger partial charge in [0.25, 0.3) is 0 Å². The molecule has 0 aromatic rings. The summed E-state index contributed by atoms with van der Waals surface area (Å²) in [6.45, 7) is 4.80. The molecule has 0 bridgehead atoms. The maximum absolute atomic E-state index is 12.5. The van der Waals surface area contributed by atoms with Gasteiger partial charge in [-0.15, -0.1) is 0 Å². The molecule has 6 nitrogen and oxygen atoms in total. The van der Waals surface area contributed by atoms with Crippen molar-refractivity contribution < 1.29 is 14.7 Å². The van der Waals surface area contributed by atoms with Crippen molar-refractivity contribution in [1.82, 2.24) is 10.2 Å². The minimum Gasteiger partial charge on any atom is -0.480 e. The average molecular weight is 456 g/mol. The summed E-state index contributed by atoms with van der Waals surface area (Å²) in [7, 11) is 0. The second kappa shape index (κ2) is 24.5. The van der Waals surface area contributed by atoms with Crippen molar-refractivity contribution in [1.29, 1.82) is 0 Å². The van der Waals surface area contributed by atoms with Crippen LogP contribution in [-0.4, -0.2) is 54.6 Å². The molecule has 0 aliphatic heterocycles. The third-order valence-corrected chi connectivity index (χ3v) is 6.04. The van der Waals surface area contributed by atoms with E-state index in [0.29, 0.717) is 32.6 Å². The first-order valence-corrected chi connectivity index (χ1v) is 13.5. The molecule has 0 radical (unpaired) electrons. The van der Waals surface area contributed by atoms with E-state index >= 15 is 0 Å². The Bertz CT molecular complexity index is 433. The molecule has 0 unspecified atom stereocenters. The van der Waals surface area contributed by atoms with Crippen molar-refractivity contribution in [3.63, 3.8) is 0 Å². The van der Waals surface area contributed by atoms with E-state index in [1.165, 1.54) is 83.5 Å². The molecule has 0 heterocycles. The average Bonchev–Trinajstić information content (AvgIpc) is 2.77. The van der Waals surface area contributed by atoms with Crippen molar-refractivity contribution in [3.05, 3.63) is 0 Å². The zero-order valence-electron chi connectivity index (χ0n) is 21.1. The molecule has 1 amide bonds. The maximum atomic E-state index is 12.5. The van der Waals surface area contributed by atoms with Gasteiger partial charge in [0.1, 0.15) is 0 Å². The number of unbranched alkanes of at least 4 members (excludes halogenated alkanes) is 14. The molecule has 0 spiro atoms. The van der Waals surface area contributed by atoms with Gasteiger partial charge in [-0.3, -0.25) is 9.59 Å². The molecule has 0 aromatic heterocycles. The Kier molecular flexibility index (Phi) is 23.6. The van der Waals surface area contributed by atoms with Gasteiger partial charge in [-0.05, 0) is 32.4 Å². The third-order valence-electron chi connectivity index (χ3n) is 6.04. The summed E-state index contributed by atoms with van der Waals surface area (Å²) in [5, 5.41) is 11.5. The highest BCUT2D eigenvalue weighted by molar-refractivity contribution is 5.76. The number of carbonyl (C=O) groups excluding carboxylic acids is 1. The molecule has 190 valence electrons. The predicted molar refractivity (Wildman–Crippen MR) is 135 cm³/mol. The molecule has 6 heteroatoms. The summed E-state index contributed by atoms with van der Waals surface area (Å²) in [4.78, 5) is 25.0. The summed E-state index contributed by atoms with van der Waals surface area (Å²) >= 11 is 0. The van der Waals surface area contributed by atoms with Crippen LogP contribution in [0.25, 0.3) is 0 Å². The van der Waals surface area contributed by atoms with Crippen LogP contribution in [0.5, 0.6) is 0 Å². The fourth-order valence-electron chi connectivity index (χ4n) is 4.04. The van der Waals surface area contributed by atoms with Gasteiger partial charge in [0.15, 0.2) is 0 Å². The fourth-order valence-corrected chi connectivity index (χ4v) is 4.04. The number of carboxylic acid groups (broad SMARTS) is 1. The van der Waals surface area contributed by atoms with Crippen LogP contribution >= 0.6 is 0 Å². The van der Waals surface area contributed by atoms with Crippen LogP contribution in [0.1, 0.15) is 122 Å². The summed E-state index contributed by atoms with van der Waals surface area (Å²) in [6.07, 6.45) is 22.1. The number of hydrogen-bond acceptors (Lipinski definition) is 4. The lowest BCUT2D eigenvalue weighted by Crippen LogP contribution is -2.35. The van der Waals surface area contributed by atoms with Gasteiger partial charge in [-0.25, -0.2) is 0 Å². The Balaban J connectivity index is 3.60. The number of carbonyl (C=O) groups is 2. The molecule has 32 heavy (non-hydrogen) atoms. The number of nitrogens with two attached hydrogens (primary N) is 1. The van der Waals surface area contributed by atoms with Gasteiger partial charge < -0.3 is 21.1 Å². The monoisotopic (exact) mass is 455 g/mol. The summed E-state index contributed by atoms with van der Waals surface area (Å²) in [5.74, 6) is -0.638. The van der Waals surface area contributed by atoms with E-state index in [4.69, 9.17) is 10.8 Å². The van der Waals surface area contributed by atoms with Crippen molar-refractivity contribution in [2.75, 3.05) is 32.7 Å². The van der Waals surface area contributed by atoms with Crippen molar-refractivity contribution >= 4 is 11.9 Å². The molecule has 0 aliphatic carbocycles. The van der Waals surface area contributed by atoms with Crippen LogP contribution in [0.2, 0.25) is 0 Å². The van der Waals surface area contributed by atoms with Crippen LogP contribution in [0.4, 0.5) is 0 Å². The van der Waals surface area contributed by atoms with E-state index < -0.39 is 5.97 Å². The number of nitrogens with zero attached hydrogens (tertiary/aromatic N) is 1. The molecular weight excluding hydrogens is 402 g/mol. The van der Waals surface area contributed by atoms with Gasteiger partial charge in [-0.1, -0.05) is 96.8 Å². The van der Waals surface area contributed by atoms with Gasteiger partial charge in [0.2, 0.25) is 5.91 Å². The number of hydrogen-bond donors (Lipinski definition) is 3. The molecule has 0 atom stereocenters. The second-order valence-corrected chi connectivity index (χ2v) is 9.15. The maximum Gasteiger partial charge on any atom is 0.317 e. The minimum absolute atomic E-state index is 0.0319. The van der Waals surface area contributed by atoms with Gasteiger partial charge in [0, 0.05) is 19.5 Å². The SMILES string of the molecule is CCCCCCCCCCCCCCCCCC(=O)N(CCCN)CCCNCC(=O)O. The third kappa shape index (κ3) is 22.1.